The number of carbonyl (C=O) groups excluding carboxylic acids is 2. The first kappa shape index (κ1) is 37.1. The summed E-state index contributed by atoms with van der Waals surface area (Å²) < 4.78 is 53.4. The molecule has 270 valence electrons. The van der Waals surface area contributed by atoms with E-state index in [-0.39, 0.29) is 58.6 Å². The molecule has 0 saturated heterocycles. The van der Waals surface area contributed by atoms with Crippen LogP contribution in [0.2, 0.25) is 0 Å². The molecule has 0 unspecified atom stereocenters. The van der Waals surface area contributed by atoms with Gasteiger partial charge < -0.3 is 24.3 Å². The summed E-state index contributed by atoms with van der Waals surface area (Å²) in [6, 6.07) is 24.6. The lowest BCUT2D eigenvalue weighted by Gasteiger charge is -2.21. The average Bonchev–Trinajstić information content (AvgIpc) is 3.14. The van der Waals surface area contributed by atoms with E-state index in [0.29, 0.717) is 11.6 Å². The Morgan fingerprint density at radius 3 is 2.25 bits per heavy atom. The molecule has 0 aliphatic rings. The van der Waals surface area contributed by atoms with Crippen LogP contribution in [-0.4, -0.2) is 50.7 Å². The number of hydrogen-bond acceptors (Lipinski definition) is 10. The van der Waals surface area contributed by atoms with E-state index in [0.717, 1.165) is 11.1 Å². The number of sulfonamides is 1. The Balaban J connectivity index is 1.50. The summed E-state index contributed by atoms with van der Waals surface area (Å²) in [5.74, 6) is 0.280. The lowest BCUT2D eigenvalue weighted by molar-refractivity contribution is 0.0950. The summed E-state index contributed by atoms with van der Waals surface area (Å²) in [5.41, 5.74) is 1.47. The van der Waals surface area contributed by atoms with Gasteiger partial charge in [0.1, 0.15) is 19.0 Å². The average molecular weight is 726 g/mol. The topological polar surface area (TPSA) is 167 Å². The third-order valence-electron chi connectivity index (χ3n) is 7.52. The number of ether oxygens (including phenoxy) is 4. The van der Waals surface area contributed by atoms with Gasteiger partial charge >= 0.3 is 6.09 Å². The summed E-state index contributed by atoms with van der Waals surface area (Å²) in [5, 5.41) is 5.33. The van der Waals surface area contributed by atoms with Crippen LogP contribution >= 0.6 is 0 Å². The van der Waals surface area contributed by atoms with Crippen molar-refractivity contribution in [2.45, 2.75) is 37.6 Å². The van der Waals surface area contributed by atoms with E-state index in [1.807, 2.05) is 20.8 Å². The van der Waals surface area contributed by atoms with Crippen molar-refractivity contribution in [1.29, 1.82) is 0 Å². The lowest BCUT2D eigenvalue weighted by atomic mass is 9.87. The van der Waals surface area contributed by atoms with E-state index in [9.17, 15) is 18.0 Å². The molecule has 2 heterocycles. The minimum atomic E-state index is -4.23. The fourth-order valence-corrected chi connectivity index (χ4v) is 5.88. The van der Waals surface area contributed by atoms with Crippen LogP contribution < -0.4 is 29.6 Å². The maximum atomic E-state index is 13.9. The van der Waals surface area contributed by atoms with Gasteiger partial charge in [-0.15, -0.1) is 0 Å². The molecule has 0 bridgehead atoms. The molecule has 0 aliphatic carbocycles. The predicted octanol–water partition coefficient (Wildman–Crippen LogP) is 6.93. The SMILES string of the molecule is COc1ccccc1Oc1c(NS(=O)(=O)c2ccc(C(C)(C)C)cc2)cc(C(=O)NCc2cccnc2)cc1OCCOC(=O)Nc1ccccn1. The van der Waals surface area contributed by atoms with Gasteiger partial charge in [-0.2, -0.15) is 0 Å². The highest BCUT2D eigenvalue weighted by atomic mass is 32.2. The standard InChI is InChI=1S/C38H39N5O8S/c1-38(2,3)28-14-16-29(17-15-28)52(46,47)43-30-22-27(36(44)41-25-26-10-9-18-39-24-26)23-33(35(30)51-32-12-6-5-11-31(32)48-4)49-20-21-50-37(45)42-34-13-7-8-19-40-34/h5-19,22-24,43H,20-21,25H2,1-4H3,(H,41,44)(H,40,42,45). The summed E-state index contributed by atoms with van der Waals surface area (Å²) in [4.78, 5) is 34.0. The van der Waals surface area contributed by atoms with Gasteiger partial charge in [-0.25, -0.2) is 18.2 Å². The minimum absolute atomic E-state index is 0.00930. The first-order valence-electron chi connectivity index (χ1n) is 16.2. The molecule has 3 aromatic carbocycles. The Kier molecular flexibility index (Phi) is 11.9. The zero-order chi connectivity index (χ0) is 37.1. The number of nitrogens with zero attached hydrogens (tertiary/aromatic N) is 2. The Morgan fingerprint density at radius 1 is 0.827 bits per heavy atom. The highest BCUT2D eigenvalue weighted by Gasteiger charge is 2.25. The van der Waals surface area contributed by atoms with Crippen LogP contribution in [0.15, 0.2) is 114 Å². The van der Waals surface area contributed by atoms with Gasteiger partial charge in [0.05, 0.1) is 17.7 Å². The second-order valence-corrected chi connectivity index (χ2v) is 14.0. The summed E-state index contributed by atoms with van der Waals surface area (Å²) in [6.45, 7) is 5.83. The molecule has 0 atom stereocenters. The first-order valence-corrected chi connectivity index (χ1v) is 17.7. The number of methoxy groups -OCH3 is 1. The quantitative estimate of drug-likeness (QED) is 0.102. The number of para-hydroxylation sites is 2. The molecule has 52 heavy (non-hydrogen) atoms. The van der Waals surface area contributed by atoms with Crippen molar-refractivity contribution in [3.05, 3.63) is 126 Å². The molecule has 0 saturated carbocycles. The number of rotatable bonds is 14. The molecule has 2 aromatic heterocycles. The normalized spacial score (nSPS) is 11.2. The monoisotopic (exact) mass is 725 g/mol. The van der Waals surface area contributed by atoms with E-state index in [2.05, 4.69) is 25.3 Å². The number of pyridine rings is 2. The van der Waals surface area contributed by atoms with Crippen molar-refractivity contribution in [1.82, 2.24) is 15.3 Å². The third-order valence-corrected chi connectivity index (χ3v) is 8.90. The van der Waals surface area contributed by atoms with Crippen LogP contribution in [0.1, 0.15) is 42.3 Å². The van der Waals surface area contributed by atoms with Crippen molar-refractivity contribution in [3.63, 3.8) is 0 Å². The second-order valence-electron chi connectivity index (χ2n) is 12.4. The van der Waals surface area contributed by atoms with Crippen molar-refractivity contribution >= 4 is 33.5 Å². The highest BCUT2D eigenvalue weighted by molar-refractivity contribution is 7.92. The molecule has 5 aromatic rings. The van der Waals surface area contributed by atoms with Gasteiger partial charge in [-0.3, -0.25) is 19.8 Å². The Bertz CT molecular complexity index is 2090. The number of anilines is 2. The number of hydrogen-bond donors (Lipinski definition) is 3. The molecular weight excluding hydrogens is 687 g/mol. The van der Waals surface area contributed by atoms with Crippen molar-refractivity contribution in [2.75, 3.05) is 30.4 Å². The van der Waals surface area contributed by atoms with E-state index >= 15 is 0 Å². The van der Waals surface area contributed by atoms with Gasteiger partial charge in [0, 0.05) is 30.7 Å². The van der Waals surface area contributed by atoms with Crippen molar-refractivity contribution in [3.8, 4) is 23.0 Å². The fourth-order valence-electron chi connectivity index (χ4n) is 4.82. The molecule has 13 nitrogen and oxygen atoms in total. The van der Waals surface area contributed by atoms with Crippen LogP contribution in [0, 0.1) is 0 Å². The van der Waals surface area contributed by atoms with Crippen LogP contribution in [0.3, 0.4) is 0 Å². The maximum Gasteiger partial charge on any atom is 0.412 e. The van der Waals surface area contributed by atoms with Gasteiger partial charge in [-0.1, -0.05) is 57.2 Å². The van der Waals surface area contributed by atoms with Crippen LogP contribution in [0.5, 0.6) is 23.0 Å². The number of carbonyl (C=O) groups is 2. The lowest BCUT2D eigenvalue weighted by Crippen LogP contribution is -2.23. The number of nitrogens with one attached hydrogen (secondary N) is 3. The fraction of sp³-hybridized carbons (Fsp3) is 0.211. The molecular formula is C38H39N5O8S. The molecule has 2 amide bonds. The Morgan fingerprint density at radius 2 is 1.58 bits per heavy atom. The number of amides is 2. The number of aromatic nitrogens is 2. The smallest absolute Gasteiger partial charge is 0.412 e. The first-order chi connectivity index (χ1) is 24.9. The summed E-state index contributed by atoms with van der Waals surface area (Å²) in [6.07, 6.45) is 4.00. The van der Waals surface area contributed by atoms with Gasteiger partial charge in [-0.05, 0) is 71.1 Å². The molecule has 14 heteroatoms. The zero-order valence-electron chi connectivity index (χ0n) is 29.1. The van der Waals surface area contributed by atoms with Gasteiger partial charge in [0.25, 0.3) is 15.9 Å². The van der Waals surface area contributed by atoms with Crippen LogP contribution in [0.4, 0.5) is 16.3 Å². The second kappa shape index (κ2) is 16.7. The minimum Gasteiger partial charge on any atom is -0.493 e. The maximum absolute atomic E-state index is 13.9. The van der Waals surface area contributed by atoms with Crippen molar-refractivity contribution in [2.24, 2.45) is 0 Å². The summed E-state index contributed by atoms with van der Waals surface area (Å²) in [7, 11) is -2.76. The molecule has 0 fully saturated rings. The van der Waals surface area contributed by atoms with E-state index in [1.165, 1.54) is 37.6 Å². The van der Waals surface area contributed by atoms with E-state index in [1.54, 1.807) is 79.1 Å². The van der Waals surface area contributed by atoms with E-state index < -0.39 is 22.0 Å². The molecule has 0 spiro atoms. The molecule has 0 aliphatic heterocycles. The predicted molar refractivity (Wildman–Crippen MR) is 196 cm³/mol. The Labute approximate surface area is 302 Å². The van der Waals surface area contributed by atoms with Crippen molar-refractivity contribution < 1.29 is 37.0 Å². The largest absolute Gasteiger partial charge is 0.493 e. The van der Waals surface area contributed by atoms with Gasteiger partial charge in [0.2, 0.25) is 0 Å². The van der Waals surface area contributed by atoms with Crippen LogP contribution in [0.25, 0.3) is 0 Å². The highest BCUT2D eigenvalue weighted by Crippen LogP contribution is 2.43. The molecule has 3 N–H and O–H groups in total. The zero-order valence-corrected chi connectivity index (χ0v) is 29.9. The number of benzene rings is 3. The molecule has 5 rings (SSSR count). The van der Waals surface area contributed by atoms with E-state index in [4.69, 9.17) is 18.9 Å². The van der Waals surface area contributed by atoms with Crippen LogP contribution in [-0.2, 0) is 26.7 Å². The molecule has 0 radical (unpaired) electrons. The Hall–Kier alpha value is -6.15. The van der Waals surface area contributed by atoms with Gasteiger partial charge in [0.15, 0.2) is 23.0 Å². The summed E-state index contributed by atoms with van der Waals surface area (Å²) >= 11 is 0. The third kappa shape index (κ3) is 9.97.